The van der Waals surface area contributed by atoms with Crippen molar-refractivity contribution in [1.82, 2.24) is 25.2 Å². The zero-order chi connectivity index (χ0) is 22.4. The first kappa shape index (κ1) is 21.8. The monoisotopic (exact) mass is 419 g/mol. The van der Waals surface area contributed by atoms with E-state index in [1.54, 1.807) is 48.7 Å². The fourth-order valence-corrected chi connectivity index (χ4v) is 3.01. The average Bonchev–Trinajstić information content (AvgIpc) is 2.74. The maximum absolute atomic E-state index is 12.6. The molecule has 0 aliphatic carbocycles. The molecule has 3 rings (SSSR count). The molecule has 0 saturated heterocycles. The molecule has 1 aromatic carbocycles. The van der Waals surface area contributed by atoms with Crippen LogP contribution in [0.2, 0.25) is 0 Å². The number of nitrogens with one attached hydrogen (secondary N) is 2. The first-order valence-electron chi connectivity index (χ1n) is 9.74. The number of amides is 2. The molecule has 9 heteroatoms. The highest BCUT2D eigenvalue weighted by Crippen LogP contribution is 2.20. The van der Waals surface area contributed by atoms with Crippen LogP contribution in [0.1, 0.15) is 27.8 Å². The Kier molecular flexibility index (Phi) is 6.88. The number of nitrogen functional groups attached to an aromatic ring is 1. The molecule has 4 N–H and O–H groups in total. The van der Waals surface area contributed by atoms with E-state index < -0.39 is 5.91 Å². The Balaban J connectivity index is 1.75. The number of likely N-dealkylation sites (N-methyl/N-ethyl adjacent to an activating group) is 1. The topological polar surface area (TPSA) is 126 Å². The molecule has 1 atom stereocenters. The molecule has 160 valence electrons. The summed E-state index contributed by atoms with van der Waals surface area (Å²) >= 11 is 0. The van der Waals surface area contributed by atoms with E-state index in [-0.39, 0.29) is 23.5 Å². The number of carbonyl (C=O) groups is 2. The van der Waals surface area contributed by atoms with Crippen molar-refractivity contribution in [3.8, 4) is 11.3 Å². The van der Waals surface area contributed by atoms with Crippen LogP contribution in [-0.2, 0) is 0 Å². The number of benzene rings is 1. The molecule has 0 spiro atoms. The average molecular weight is 419 g/mol. The lowest BCUT2D eigenvalue weighted by Gasteiger charge is -2.18. The molecule has 0 bridgehead atoms. The summed E-state index contributed by atoms with van der Waals surface area (Å²) in [5.41, 5.74) is 7.56. The van der Waals surface area contributed by atoms with Gasteiger partial charge in [0.1, 0.15) is 5.82 Å². The number of nitrogens with two attached hydrogens (primary N) is 1. The number of hydrogen-bond acceptors (Lipinski definition) is 7. The van der Waals surface area contributed by atoms with Crippen LogP contribution in [0.3, 0.4) is 0 Å². The van der Waals surface area contributed by atoms with Crippen LogP contribution in [0.4, 0.5) is 11.6 Å². The SMILES string of the molecule is CC(CN(C)C)NC(=O)c1ccc(-c2cnc(N)c(C(=O)Nc3ccccn3)n2)cc1. The van der Waals surface area contributed by atoms with E-state index in [2.05, 4.69) is 25.6 Å². The van der Waals surface area contributed by atoms with Gasteiger partial charge in [-0.1, -0.05) is 18.2 Å². The Labute approximate surface area is 180 Å². The smallest absolute Gasteiger partial charge is 0.279 e. The molecular weight excluding hydrogens is 394 g/mol. The molecule has 3 aromatic rings. The molecular formula is C22H25N7O2. The molecule has 2 aromatic heterocycles. The van der Waals surface area contributed by atoms with Gasteiger partial charge in [-0.3, -0.25) is 9.59 Å². The highest BCUT2D eigenvalue weighted by molar-refractivity contribution is 6.05. The molecule has 0 radical (unpaired) electrons. The largest absolute Gasteiger partial charge is 0.382 e. The van der Waals surface area contributed by atoms with Crippen LogP contribution < -0.4 is 16.4 Å². The summed E-state index contributed by atoms with van der Waals surface area (Å²) in [4.78, 5) is 39.5. The molecule has 2 amide bonds. The molecule has 9 nitrogen and oxygen atoms in total. The summed E-state index contributed by atoms with van der Waals surface area (Å²) in [7, 11) is 3.91. The standard InChI is InChI=1S/C22H25N7O2/c1-14(13-29(2)3)26-21(30)16-9-7-15(8-10-16)17-12-25-20(23)19(27-17)22(31)28-18-6-4-5-11-24-18/h4-12,14H,13H2,1-3H3,(H2,23,25)(H,26,30)(H,24,28,31). The van der Waals surface area contributed by atoms with Crippen LogP contribution in [-0.4, -0.2) is 58.3 Å². The first-order valence-corrected chi connectivity index (χ1v) is 9.74. The lowest BCUT2D eigenvalue weighted by atomic mass is 10.1. The summed E-state index contributed by atoms with van der Waals surface area (Å²) < 4.78 is 0. The predicted molar refractivity (Wildman–Crippen MR) is 120 cm³/mol. The fraction of sp³-hybridized carbons (Fsp3) is 0.227. The Morgan fingerprint density at radius 3 is 2.45 bits per heavy atom. The van der Waals surface area contributed by atoms with Gasteiger partial charge in [0.25, 0.3) is 11.8 Å². The van der Waals surface area contributed by atoms with E-state index in [4.69, 9.17) is 5.73 Å². The minimum atomic E-state index is -0.503. The lowest BCUT2D eigenvalue weighted by Crippen LogP contribution is -2.39. The Morgan fingerprint density at radius 2 is 1.81 bits per heavy atom. The van der Waals surface area contributed by atoms with Crippen LogP contribution in [0.15, 0.2) is 54.9 Å². The molecule has 0 aliphatic rings. The molecule has 1 unspecified atom stereocenters. The van der Waals surface area contributed by atoms with Gasteiger partial charge in [0, 0.05) is 29.9 Å². The summed E-state index contributed by atoms with van der Waals surface area (Å²) in [6.45, 7) is 2.70. The van der Waals surface area contributed by atoms with Crippen LogP contribution in [0.5, 0.6) is 0 Å². The van der Waals surface area contributed by atoms with E-state index in [1.165, 1.54) is 6.20 Å². The van der Waals surface area contributed by atoms with Crippen LogP contribution >= 0.6 is 0 Å². The van der Waals surface area contributed by atoms with Gasteiger partial charge < -0.3 is 21.3 Å². The Bertz CT molecular complexity index is 1050. The number of hydrogen-bond donors (Lipinski definition) is 3. The third-order valence-electron chi connectivity index (χ3n) is 4.38. The zero-order valence-electron chi connectivity index (χ0n) is 17.7. The number of pyridine rings is 1. The van der Waals surface area contributed by atoms with E-state index in [1.807, 2.05) is 25.9 Å². The van der Waals surface area contributed by atoms with E-state index in [0.717, 1.165) is 6.54 Å². The molecule has 31 heavy (non-hydrogen) atoms. The highest BCUT2D eigenvalue weighted by atomic mass is 16.2. The van der Waals surface area contributed by atoms with Crippen molar-refractivity contribution < 1.29 is 9.59 Å². The quantitative estimate of drug-likeness (QED) is 0.535. The summed E-state index contributed by atoms with van der Waals surface area (Å²) in [6.07, 6.45) is 3.06. The number of carbonyl (C=O) groups excluding carboxylic acids is 2. The summed E-state index contributed by atoms with van der Waals surface area (Å²) in [5.74, 6) is -0.253. The minimum absolute atomic E-state index is 0.00230. The van der Waals surface area contributed by atoms with E-state index in [9.17, 15) is 9.59 Å². The second-order valence-corrected chi connectivity index (χ2v) is 7.37. The Morgan fingerprint density at radius 1 is 1.06 bits per heavy atom. The van der Waals surface area contributed by atoms with Crippen molar-refractivity contribution in [1.29, 1.82) is 0 Å². The highest BCUT2D eigenvalue weighted by Gasteiger charge is 2.16. The van der Waals surface area contributed by atoms with Crippen molar-refractivity contribution in [2.45, 2.75) is 13.0 Å². The number of anilines is 2. The fourth-order valence-electron chi connectivity index (χ4n) is 3.01. The molecule has 0 aliphatic heterocycles. The number of nitrogens with zero attached hydrogens (tertiary/aromatic N) is 4. The first-order chi connectivity index (χ1) is 14.8. The maximum atomic E-state index is 12.6. The number of rotatable bonds is 7. The normalized spacial score (nSPS) is 11.7. The van der Waals surface area contributed by atoms with Gasteiger partial charge in [0.05, 0.1) is 11.9 Å². The minimum Gasteiger partial charge on any atom is -0.382 e. The predicted octanol–water partition coefficient (Wildman–Crippen LogP) is 2.05. The maximum Gasteiger partial charge on any atom is 0.279 e. The van der Waals surface area contributed by atoms with Gasteiger partial charge >= 0.3 is 0 Å². The van der Waals surface area contributed by atoms with Crippen molar-refractivity contribution in [3.05, 3.63) is 66.1 Å². The summed E-state index contributed by atoms with van der Waals surface area (Å²) in [6, 6.07) is 12.1. The summed E-state index contributed by atoms with van der Waals surface area (Å²) in [5, 5.41) is 5.60. The van der Waals surface area contributed by atoms with Crippen molar-refractivity contribution in [2.24, 2.45) is 0 Å². The molecule has 2 heterocycles. The van der Waals surface area contributed by atoms with Crippen molar-refractivity contribution in [3.63, 3.8) is 0 Å². The lowest BCUT2D eigenvalue weighted by molar-refractivity contribution is 0.0933. The van der Waals surface area contributed by atoms with Crippen molar-refractivity contribution >= 4 is 23.5 Å². The van der Waals surface area contributed by atoms with Gasteiger partial charge in [-0.15, -0.1) is 0 Å². The van der Waals surface area contributed by atoms with Gasteiger partial charge in [-0.2, -0.15) is 0 Å². The Hall–Kier alpha value is -3.85. The third-order valence-corrected chi connectivity index (χ3v) is 4.38. The van der Waals surface area contributed by atoms with Crippen molar-refractivity contribution in [2.75, 3.05) is 31.7 Å². The second-order valence-electron chi connectivity index (χ2n) is 7.37. The molecule has 0 fully saturated rings. The zero-order valence-corrected chi connectivity index (χ0v) is 17.7. The van der Waals surface area contributed by atoms with Crippen LogP contribution in [0.25, 0.3) is 11.3 Å². The van der Waals surface area contributed by atoms with Gasteiger partial charge in [0.2, 0.25) is 0 Å². The third kappa shape index (κ3) is 5.83. The van der Waals surface area contributed by atoms with Gasteiger partial charge in [-0.05, 0) is 45.3 Å². The van der Waals surface area contributed by atoms with E-state index in [0.29, 0.717) is 22.6 Å². The number of aromatic nitrogens is 3. The van der Waals surface area contributed by atoms with E-state index >= 15 is 0 Å². The van der Waals surface area contributed by atoms with Gasteiger partial charge in [0.15, 0.2) is 11.5 Å². The van der Waals surface area contributed by atoms with Gasteiger partial charge in [-0.25, -0.2) is 15.0 Å². The van der Waals surface area contributed by atoms with Crippen LogP contribution in [0, 0.1) is 0 Å². The second kappa shape index (κ2) is 9.77. The molecule has 0 saturated carbocycles.